The Hall–Kier alpha value is -0.660. The zero-order valence-electron chi connectivity index (χ0n) is 12.1. The molecule has 0 aromatic carbocycles. The van der Waals surface area contributed by atoms with Crippen molar-refractivity contribution in [3.63, 3.8) is 0 Å². The van der Waals surface area contributed by atoms with E-state index in [1.165, 1.54) is 4.31 Å². The summed E-state index contributed by atoms with van der Waals surface area (Å²) >= 11 is 0. The van der Waals surface area contributed by atoms with Crippen LogP contribution in [0.15, 0.2) is 0 Å². The van der Waals surface area contributed by atoms with Crippen LogP contribution in [0, 0.1) is 0 Å². The molecule has 0 N–H and O–H groups in total. The standard InChI is InChI=1S/C12H25N3O3S/c1-4-11-19(17,18)15-9-7-14(8-10-15)12(16)5-6-13(2)3/h4-11H2,1-3H3. The quantitative estimate of drug-likeness (QED) is 0.681. The van der Waals surface area contributed by atoms with E-state index in [-0.39, 0.29) is 11.7 Å². The average Bonchev–Trinajstić information content (AvgIpc) is 2.36. The van der Waals surface area contributed by atoms with E-state index in [0.717, 1.165) is 6.54 Å². The summed E-state index contributed by atoms with van der Waals surface area (Å²) < 4.78 is 25.3. The van der Waals surface area contributed by atoms with E-state index in [9.17, 15) is 13.2 Å². The Morgan fingerprint density at radius 3 is 2.21 bits per heavy atom. The Labute approximate surface area is 116 Å². The maximum atomic E-state index is 11.9. The molecule has 0 aliphatic carbocycles. The molecule has 0 spiro atoms. The molecule has 6 nitrogen and oxygen atoms in total. The lowest BCUT2D eigenvalue weighted by molar-refractivity contribution is -0.132. The monoisotopic (exact) mass is 291 g/mol. The second-order valence-electron chi connectivity index (χ2n) is 5.15. The predicted octanol–water partition coefficient (Wildman–Crippen LogP) is -0.178. The van der Waals surface area contributed by atoms with Gasteiger partial charge in [-0.2, -0.15) is 4.31 Å². The highest BCUT2D eigenvalue weighted by molar-refractivity contribution is 7.89. The second-order valence-corrected chi connectivity index (χ2v) is 7.24. The fourth-order valence-corrected chi connectivity index (χ4v) is 3.57. The van der Waals surface area contributed by atoms with Gasteiger partial charge in [0.1, 0.15) is 0 Å². The number of piperazine rings is 1. The zero-order valence-corrected chi connectivity index (χ0v) is 12.9. The van der Waals surface area contributed by atoms with Crippen molar-refractivity contribution >= 4 is 15.9 Å². The number of nitrogens with zero attached hydrogens (tertiary/aromatic N) is 3. The predicted molar refractivity (Wildman–Crippen MR) is 75.4 cm³/mol. The highest BCUT2D eigenvalue weighted by atomic mass is 32.2. The minimum atomic E-state index is -3.12. The van der Waals surface area contributed by atoms with Gasteiger partial charge in [-0.15, -0.1) is 0 Å². The number of carbonyl (C=O) groups is 1. The molecule has 1 amide bonds. The summed E-state index contributed by atoms with van der Waals surface area (Å²) in [5.41, 5.74) is 0. The van der Waals surface area contributed by atoms with Crippen LogP contribution in [0.2, 0.25) is 0 Å². The Balaban J connectivity index is 2.42. The third-order valence-electron chi connectivity index (χ3n) is 3.22. The molecule has 0 aromatic rings. The summed E-state index contributed by atoms with van der Waals surface area (Å²) in [5.74, 6) is 0.308. The van der Waals surface area contributed by atoms with E-state index >= 15 is 0 Å². The van der Waals surface area contributed by atoms with E-state index in [2.05, 4.69) is 0 Å². The molecule has 1 aliphatic heterocycles. The molecule has 19 heavy (non-hydrogen) atoms. The van der Waals surface area contributed by atoms with Gasteiger partial charge >= 0.3 is 0 Å². The molecule has 1 fully saturated rings. The topological polar surface area (TPSA) is 60.9 Å². The molecular weight excluding hydrogens is 266 g/mol. The first-order valence-corrected chi connectivity index (χ1v) is 8.38. The number of amides is 1. The average molecular weight is 291 g/mol. The first-order chi connectivity index (χ1) is 8.86. The van der Waals surface area contributed by atoms with E-state index in [4.69, 9.17) is 0 Å². The fraction of sp³-hybridized carbons (Fsp3) is 0.917. The van der Waals surface area contributed by atoms with E-state index in [1.807, 2.05) is 25.9 Å². The number of carbonyl (C=O) groups excluding carboxylic acids is 1. The molecule has 1 aliphatic rings. The van der Waals surface area contributed by atoms with Crippen LogP contribution < -0.4 is 0 Å². The summed E-state index contributed by atoms with van der Waals surface area (Å²) in [4.78, 5) is 15.7. The molecular formula is C12H25N3O3S. The van der Waals surface area contributed by atoms with Crippen molar-refractivity contribution in [3.8, 4) is 0 Å². The van der Waals surface area contributed by atoms with Crippen LogP contribution in [-0.4, -0.2) is 81.0 Å². The minimum absolute atomic E-state index is 0.112. The molecule has 0 unspecified atom stereocenters. The van der Waals surface area contributed by atoms with Crippen molar-refractivity contribution in [2.24, 2.45) is 0 Å². The van der Waals surface area contributed by atoms with Crippen molar-refractivity contribution in [2.75, 3.05) is 52.6 Å². The third kappa shape index (κ3) is 5.08. The molecule has 0 radical (unpaired) electrons. The molecule has 112 valence electrons. The highest BCUT2D eigenvalue weighted by Crippen LogP contribution is 2.10. The SMILES string of the molecule is CCCS(=O)(=O)N1CCN(C(=O)CCN(C)C)CC1. The molecule has 1 saturated heterocycles. The number of hydrogen-bond donors (Lipinski definition) is 0. The third-order valence-corrected chi connectivity index (χ3v) is 5.30. The van der Waals surface area contributed by atoms with Crippen molar-refractivity contribution in [1.82, 2.24) is 14.1 Å². The Kier molecular flexibility index (Phi) is 6.22. The van der Waals surface area contributed by atoms with Crippen molar-refractivity contribution < 1.29 is 13.2 Å². The van der Waals surface area contributed by atoms with Crippen molar-refractivity contribution in [1.29, 1.82) is 0 Å². The number of rotatable bonds is 6. The lowest BCUT2D eigenvalue weighted by Crippen LogP contribution is -2.51. The molecule has 0 saturated carbocycles. The zero-order chi connectivity index (χ0) is 14.5. The first-order valence-electron chi connectivity index (χ1n) is 6.77. The Bertz CT molecular complexity index is 387. The van der Waals surface area contributed by atoms with Crippen LogP contribution in [0.25, 0.3) is 0 Å². The molecule has 0 atom stereocenters. The van der Waals surface area contributed by atoms with Gasteiger partial charge in [0, 0.05) is 39.1 Å². The smallest absolute Gasteiger partial charge is 0.223 e. The van der Waals surface area contributed by atoms with Crippen LogP contribution in [0.4, 0.5) is 0 Å². The van der Waals surface area contributed by atoms with Gasteiger partial charge in [0.2, 0.25) is 15.9 Å². The van der Waals surface area contributed by atoms with Crippen molar-refractivity contribution in [2.45, 2.75) is 19.8 Å². The molecule has 0 bridgehead atoms. The van der Waals surface area contributed by atoms with Gasteiger partial charge < -0.3 is 9.80 Å². The maximum Gasteiger partial charge on any atom is 0.223 e. The van der Waals surface area contributed by atoms with Gasteiger partial charge in [0.05, 0.1) is 5.75 Å². The van der Waals surface area contributed by atoms with Gasteiger partial charge in [0.15, 0.2) is 0 Å². The van der Waals surface area contributed by atoms with Gasteiger partial charge in [-0.25, -0.2) is 8.42 Å². The van der Waals surface area contributed by atoms with Crippen LogP contribution in [0.5, 0.6) is 0 Å². The Morgan fingerprint density at radius 2 is 1.74 bits per heavy atom. The van der Waals surface area contributed by atoms with Crippen LogP contribution in [0.1, 0.15) is 19.8 Å². The lowest BCUT2D eigenvalue weighted by atomic mass is 10.3. The number of hydrogen-bond acceptors (Lipinski definition) is 4. The van der Waals surface area contributed by atoms with Crippen LogP contribution in [0.3, 0.4) is 0 Å². The van der Waals surface area contributed by atoms with Gasteiger partial charge in [-0.3, -0.25) is 4.79 Å². The lowest BCUT2D eigenvalue weighted by Gasteiger charge is -2.34. The maximum absolute atomic E-state index is 11.9. The summed E-state index contributed by atoms with van der Waals surface area (Å²) in [6.45, 7) is 4.46. The first kappa shape index (κ1) is 16.4. The van der Waals surface area contributed by atoms with Gasteiger partial charge in [-0.1, -0.05) is 6.92 Å². The normalized spacial score (nSPS) is 18.0. The molecule has 7 heteroatoms. The molecule has 1 heterocycles. The number of sulfonamides is 1. The van der Waals surface area contributed by atoms with E-state index in [1.54, 1.807) is 4.90 Å². The van der Waals surface area contributed by atoms with Crippen LogP contribution in [-0.2, 0) is 14.8 Å². The second kappa shape index (κ2) is 7.21. The van der Waals surface area contributed by atoms with Crippen LogP contribution >= 0.6 is 0 Å². The summed E-state index contributed by atoms with van der Waals surface area (Å²) in [7, 11) is 0.745. The minimum Gasteiger partial charge on any atom is -0.340 e. The summed E-state index contributed by atoms with van der Waals surface area (Å²) in [6, 6.07) is 0. The summed E-state index contributed by atoms with van der Waals surface area (Å²) in [5, 5.41) is 0. The van der Waals surface area contributed by atoms with Gasteiger partial charge in [-0.05, 0) is 20.5 Å². The fourth-order valence-electron chi connectivity index (χ4n) is 2.08. The Morgan fingerprint density at radius 1 is 1.16 bits per heavy atom. The largest absolute Gasteiger partial charge is 0.340 e. The van der Waals surface area contributed by atoms with Gasteiger partial charge in [0.25, 0.3) is 0 Å². The van der Waals surface area contributed by atoms with E-state index in [0.29, 0.717) is 39.0 Å². The van der Waals surface area contributed by atoms with Crippen molar-refractivity contribution in [3.05, 3.63) is 0 Å². The summed E-state index contributed by atoms with van der Waals surface area (Å²) in [6.07, 6.45) is 1.12. The molecule has 1 rings (SSSR count). The van der Waals surface area contributed by atoms with E-state index < -0.39 is 10.0 Å². The highest BCUT2D eigenvalue weighted by Gasteiger charge is 2.27. The molecule has 0 aromatic heterocycles.